The molecule has 0 aromatic heterocycles. The molecule has 4 fully saturated rings. The quantitative estimate of drug-likeness (QED) is 0.134. The third kappa shape index (κ3) is 9.00. The molecule has 4 saturated heterocycles. The summed E-state index contributed by atoms with van der Waals surface area (Å²) in [7, 11) is 0. The molecule has 0 bridgehead atoms. The molecule has 0 aromatic rings. The smallest absolute Gasteiger partial charge is 0.309 e. The van der Waals surface area contributed by atoms with E-state index in [-0.39, 0.29) is 53.7 Å². The Morgan fingerprint density at radius 1 is 0.862 bits per heavy atom. The topological polar surface area (TPSA) is 170 Å². The van der Waals surface area contributed by atoms with E-state index in [0.717, 1.165) is 6.42 Å². The molecule has 5 aliphatic rings. The van der Waals surface area contributed by atoms with Crippen molar-refractivity contribution in [3.05, 3.63) is 12.2 Å². The summed E-state index contributed by atoms with van der Waals surface area (Å²) in [6.07, 6.45) is 6.80. The van der Waals surface area contributed by atoms with Crippen LogP contribution in [0.1, 0.15) is 147 Å². The van der Waals surface area contributed by atoms with E-state index in [9.17, 15) is 29.7 Å². The van der Waals surface area contributed by atoms with Crippen LogP contribution in [0.15, 0.2) is 12.2 Å². The van der Waals surface area contributed by atoms with Crippen molar-refractivity contribution >= 4 is 17.7 Å². The molecular weight excluding hydrogens is 743 g/mol. The second-order valence-corrected chi connectivity index (χ2v) is 19.6. The number of hydrogen-bond donors (Lipinski definition) is 4. The van der Waals surface area contributed by atoms with E-state index in [2.05, 4.69) is 26.1 Å². The number of Topliss-reactive ketones (excluding diaryl/α,β-unsaturated/α-hetero) is 1. The number of nitrogens with one attached hydrogen (secondary N) is 1. The lowest BCUT2D eigenvalue weighted by Gasteiger charge is -2.55. The lowest BCUT2D eigenvalue weighted by molar-refractivity contribution is -0.398. The lowest BCUT2D eigenvalue weighted by atomic mass is 9.72. The van der Waals surface area contributed by atoms with Gasteiger partial charge in [-0.15, -0.1) is 0 Å². The van der Waals surface area contributed by atoms with Gasteiger partial charge in [-0.05, 0) is 89.5 Å². The van der Waals surface area contributed by atoms with Crippen LogP contribution in [0, 0.1) is 47.3 Å². The lowest BCUT2D eigenvalue weighted by Crippen LogP contribution is -2.66. The van der Waals surface area contributed by atoms with Crippen LogP contribution < -0.4 is 5.32 Å². The Bertz CT molecular complexity index is 1490. The molecule has 5 aliphatic heterocycles. The Hall–Kier alpha value is -1.93. The monoisotopic (exact) mass is 820 g/mol. The second kappa shape index (κ2) is 18.2. The van der Waals surface area contributed by atoms with Gasteiger partial charge in [-0.25, -0.2) is 0 Å². The van der Waals surface area contributed by atoms with E-state index in [1.807, 2.05) is 67.5 Å². The Kier molecular flexibility index (Phi) is 14.8. The van der Waals surface area contributed by atoms with Gasteiger partial charge in [0.2, 0.25) is 5.91 Å². The average molecular weight is 820 g/mol. The van der Waals surface area contributed by atoms with Crippen molar-refractivity contribution in [2.24, 2.45) is 47.3 Å². The van der Waals surface area contributed by atoms with Crippen molar-refractivity contribution in [1.82, 2.24) is 5.32 Å². The van der Waals surface area contributed by atoms with Crippen molar-refractivity contribution in [1.29, 1.82) is 0 Å². The van der Waals surface area contributed by atoms with Gasteiger partial charge in [0, 0.05) is 36.0 Å². The summed E-state index contributed by atoms with van der Waals surface area (Å²) in [6, 6.07) is -0.607. The highest BCUT2D eigenvalue weighted by molar-refractivity contribution is 5.84. The molecule has 18 atom stereocenters. The standard InChI is InChI=1S/C46H77NO11/c1-13-32(42(51)52)34-17-16-26(6)39(55-34)30(10)37(48)29(9)38(49)33(14-2)40-27(7)24-28(8)45(56-40)21-18-35(47-41(50)25(4)5)46(58-45)23-22-43(12,57-46)36-19-20-44(53,15-3)31(11)54-36/h18,21,25-37,39-40,48,53H,13-17,19-20,22-24H2,1-12H3,(H,47,50)(H,51,52)/t26-,27-,28+,29-,30-,31-,32+,33-,34+,35+,36+,37+,39+,40-,43-,44+,45-,46-/m0/s1. The maximum absolute atomic E-state index is 14.6. The molecule has 2 spiro atoms. The van der Waals surface area contributed by atoms with Gasteiger partial charge in [0.1, 0.15) is 11.8 Å². The van der Waals surface area contributed by atoms with Gasteiger partial charge in [0.05, 0.1) is 53.7 Å². The summed E-state index contributed by atoms with van der Waals surface area (Å²) in [5.41, 5.74) is -1.66. The van der Waals surface area contributed by atoms with Crippen LogP contribution in [-0.4, -0.2) is 98.4 Å². The number of amides is 1. The zero-order valence-electron chi connectivity index (χ0n) is 37.5. The molecule has 0 saturated carbocycles. The predicted molar refractivity (Wildman–Crippen MR) is 219 cm³/mol. The van der Waals surface area contributed by atoms with Crippen LogP contribution in [0.4, 0.5) is 0 Å². The van der Waals surface area contributed by atoms with E-state index in [1.54, 1.807) is 6.92 Å². The molecule has 5 heterocycles. The summed E-state index contributed by atoms with van der Waals surface area (Å²) < 4.78 is 34.4. The number of rotatable bonds is 14. The van der Waals surface area contributed by atoms with E-state index < -0.39 is 76.8 Å². The highest BCUT2D eigenvalue weighted by atomic mass is 16.8. The zero-order valence-corrected chi connectivity index (χ0v) is 37.5. The van der Waals surface area contributed by atoms with Gasteiger partial charge in [0.25, 0.3) is 0 Å². The molecule has 0 unspecified atom stereocenters. The fourth-order valence-electron chi connectivity index (χ4n) is 11.0. The molecule has 5 rings (SSSR count). The normalized spacial score (nSPS) is 43.2. The molecule has 332 valence electrons. The number of carboxylic acid groups (broad SMARTS) is 1. The predicted octanol–water partition coefficient (Wildman–Crippen LogP) is 6.97. The maximum atomic E-state index is 14.6. The van der Waals surface area contributed by atoms with E-state index >= 15 is 0 Å². The molecule has 58 heavy (non-hydrogen) atoms. The maximum Gasteiger partial charge on any atom is 0.309 e. The first-order valence-electron chi connectivity index (χ1n) is 22.7. The van der Waals surface area contributed by atoms with Gasteiger partial charge in [-0.3, -0.25) is 14.4 Å². The number of carbonyl (C=O) groups excluding carboxylic acids is 2. The van der Waals surface area contributed by atoms with Gasteiger partial charge in [-0.2, -0.15) is 0 Å². The van der Waals surface area contributed by atoms with E-state index in [0.29, 0.717) is 57.8 Å². The summed E-state index contributed by atoms with van der Waals surface area (Å²) in [4.78, 5) is 39.8. The molecular formula is C46H77NO11. The molecule has 4 N–H and O–H groups in total. The summed E-state index contributed by atoms with van der Waals surface area (Å²) >= 11 is 0. The third-order valence-electron chi connectivity index (χ3n) is 15.3. The second-order valence-electron chi connectivity index (χ2n) is 19.6. The number of aliphatic hydroxyl groups is 2. The minimum absolute atomic E-state index is 0.00346. The number of carbonyl (C=O) groups is 3. The highest BCUT2D eigenvalue weighted by Crippen LogP contribution is 2.54. The fourth-order valence-corrected chi connectivity index (χ4v) is 11.0. The molecule has 0 aliphatic carbocycles. The summed E-state index contributed by atoms with van der Waals surface area (Å²) in [6.45, 7) is 23.4. The first-order chi connectivity index (χ1) is 27.1. The third-order valence-corrected chi connectivity index (χ3v) is 15.3. The Morgan fingerprint density at radius 2 is 1.53 bits per heavy atom. The number of aliphatic hydroxyl groups excluding tert-OH is 1. The largest absolute Gasteiger partial charge is 0.481 e. The minimum Gasteiger partial charge on any atom is -0.481 e. The van der Waals surface area contributed by atoms with E-state index in [4.69, 9.17) is 23.7 Å². The van der Waals surface area contributed by atoms with Gasteiger partial charge in [0.15, 0.2) is 11.6 Å². The van der Waals surface area contributed by atoms with Crippen molar-refractivity contribution < 1.29 is 53.4 Å². The van der Waals surface area contributed by atoms with Crippen LogP contribution >= 0.6 is 0 Å². The summed E-state index contributed by atoms with van der Waals surface area (Å²) in [5, 5.41) is 36.0. The summed E-state index contributed by atoms with van der Waals surface area (Å²) in [5.74, 6) is -6.20. The van der Waals surface area contributed by atoms with Gasteiger partial charge in [-0.1, -0.05) is 75.3 Å². The molecule has 12 nitrogen and oxygen atoms in total. The van der Waals surface area contributed by atoms with Crippen molar-refractivity contribution in [2.75, 3.05) is 0 Å². The Morgan fingerprint density at radius 3 is 2.12 bits per heavy atom. The Balaban J connectivity index is 1.38. The molecule has 12 heteroatoms. The number of ketones is 1. The van der Waals surface area contributed by atoms with Crippen molar-refractivity contribution in [3.63, 3.8) is 0 Å². The fraction of sp³-hybridized carbons (Fsp3) is 0.891. The number of carboxylic acids is 1. The molecule has 0 aromatic carbocycles. The average Bonchev–Trinajstić information content (AvgIpc) is 3.52. The van der Waals surface area contributed by atoms with Crippen LogP contribution in [0.3, 0.4) is 0 Å². The first kappa shape index (κ1) is 47.1. The first-order valence-corrected chi connectivity index (χ1v) is 22.7. The zero-order chi connectivity index (χ0) is 43.1. The van der Waals surface area contributed by atoms with Crippen LogP contribution in [0.25, 0.3) is 0 Å². The minimum atomic E-state index is -1.28. The molecule has 0 radical (unpaired) electrons. The van der Waals surface area contributed by atoms with Crippen molar-refractivity contribution in [3.8, 4) is 0 Å². The highest BCUT2D eigenvalue weighted by Gasteiger charge is 2.63. The number of aliphatic carboxylic acids is 1. The SMILES string of the molecule is CC[C@@H](C(=O)[C@@H](C)[C@@H](O)[C@H](C)[C@@H]1O[C@@H]([C@@H](CC)C(=O)O)CC[C@@H]1C)[C@H]1O[C@]2(C=C[C@@H](NC(=O)C(C)C)[C@]3(CC[C@@](C)([C@H]4CC[C@](O)(CC)[C@H](C)O4)O3)O2)[C@H](C)C[C@@H]1C. The van der Waals surface area contributed by atoms with Gasteiger partial charge < -0.3 is 44.3 Å². The van der Waals surface area contributed by atoms with Crippen LogP contribution in [-0.2, 0) is 38.1 Å². The number of ether oxygens (including phenoxy) is 5. The molecule has 1 amide bonds. The van der Waals surface area contributed by atoms with Crippen LogP contribution in [0.2, 0.25) is 0 Å². The van der Waals surface area contributed by atoms with E-state index in [1.165, 1.54) is 0 Å². The Labute approximate surface area is 347 Å². The van der Waals surface area contributed by atoms with Gasteiger partial charge >= 0.3 is 5.97 Å². The van der Waals surface area contributed by atoms with Crippen molar-refractivity contribution in [2.45, 2.75) is 213 Å². The number of hydrogen-bond acceptors (Lipinski definition) is 10. The van der Waals surface area contributed by atoms with Crippen LogP contribution in [0.5, 0.6) is 0 Å².